The number of nitrogens with zero attached hydrogens (tertiary/aromatic N) is 1. The van der Waals surface area contributed by atoms with Crippen LogP contribution in [0.1, 0.15) is 46.5 Å². The summed E-state index contributed by atoms with van der Waals surface area (Å²) in [7, 11) is 0. The average Bonchev–Trinajstić information content (AvgIpc) is 2.90. The lowest BCUT2D eigenvalue weighted by atomic mass is 10.0. The minimum Gasteiger partial charge on any atom is -0.350 e. The highest BCUT2D eigenvalue weighted by Gasteiger charge is 2.42. The topological polar surface area (TPSA) is 66.5 Å². The molecule has 2 aromatic rings. The number of benzene rings is 2. The molecule has 0 aromatic heterocycles. The summed E-state index contributed by atoms with van der Waals surface area (Å²) in [5, 5.41) is 3.38. The maximum atomic E-state index is 12.9. The minimum atomic E-state index is -0.861. The largest absolute Gasteiger partial charge is 0.350 e. The molecule has 0 saturated carbocycles. The predicted octanol–water partition coefficient (Wildman–Crippen LogP) is 3.67. The first-order valence-electron chi connectivity index (χ1n) is 8.88. The number of halogens is 1. The highest BCUT2D eigenvalue weighted by molar-refractivity contribution is 6.31. The van der Waals surface area contributed by atoms with Gasteiger partial charge < -0.3 is 5.32 Å². The van der Waals surface area contributed by atoms with E-state index in [1.54, 1.807) is 30.3 Å². The summed E-state index contributed by atoms with van der Waals surface area (Å²) in [5.74, 6) is -1.08. The molecule has 3 amide bonds. The van der Waals surface area contributed by atoms with Crippen molar-refractivity contribution < 1.29 is 14.4 Å². The van der Waals surface area contributed by atoms with Crippen LogP contribution in [0.5, 0.6) is 0 Å². The molecule has 6 heteroatoms. The molecule has 0 bridgehead atoms. The Morgan fingerprint density at radius 2 is 1.56 bits per heavy atom. The Bertz CT molecular complexity index is 860. The summed E-state index contributed by atoms with van der Waals surface area (Å²) in [4.78, 5) is 39.5. The van der Waals surface area contributed by atoms with Crippen molar-refractivity contribution in [2.45, 2.75) is 32.9 Å². The van der Waals surface area contributed by atoms with Gasteiger partial charge in [0.1, 0.15) is 6.04 Å². The number of fused-ring (bicyclic) bond motifs is 1. The second-order valence-corrected chi connectivity index (χ2v) is 7.39. The lowest BCUT2D eigenvalue weighted by molar-refractivity contribution is -0.125. The van der Waals surface area contributed by atoms with E-state index in [1.165, 1.54) is 0 Å². The fraction of sp³-hybridized carbons (Fsp3) is 0.286. The van der Waals surface area contributed by atoms with E-state index in [0.29, 0.717) is 22.6 Å². The monoisotopic (exact) mass is 384 g/mol. The van der Waals surface area contributed by atoms with Gasteiger partial charge in [-0.3, -0.25) is 19.3 Å². The summed E-state index contributed by atoms with van der Waals surface area (Å²) >= 11 is 6.14. The van der Waals surface area contributed by atoms with Crippen molar-refractivity contribution in [1.82, 2.24) is 10.2 Å². The zero-order valence-corrected chi connectivity index (χ0v) is 16.0. The van der Waals surface area contributed by atoms with Crippen LogP contribution in [0.3, 0.4) is 0 Å². The van der Waals surface area contributed by atoms with Crippen LogP contribution in [0.15, 0.2) is 48.5 Å². The third kappa shape index (κ3) is 3.88. The normalized spacial score (nSPS) is 14.4. The molecule has 0 fully saturated rings. The number of nitrogens with one attached hydrogen (secondary N) is 1. The van der Waals surface area contributed by atoms with Gasteiger partial charge in [-0.1, -0.05) is 55.8 Å². The Hall–Kier alpha value is -2.66. The second-order valence-electron chi connectivity index (χ2n) is 6.98. The Morgan fingerprint density at radius 1 is 1.00 bits per heavy atom. The molecule has 0 saturated heterocycles. The lowest BCUT2D eigenvalue weighted by Crippen LogP contribution is -2.50. The summed E-state index contributed by atoms with van der Waals surface area (Å²) in [6.45, 7) is 4.13. The van der Waals surface area contributed by atoms with Crippen LogP contribution in [0.4, 0.5) is 0 Å². The average molecular weight is 385 g/mol. The van der Waals surface area contributed by atoms with E-state index in [1.807, 2.05) is 32.0 Å². The number of carbonyl (C=O) groups excluding carboxylic acids is 3. The highest BCUT2D eigenvalue weighted by Crippen LogP contribution is 2.27. The van der Waals surface area contributed by atoms with Gasteiger partial charge >= 0.3 is 0 Å². The maximum absolute atomic E-state index is 12.9. The van der Waals surface area contributed by atoms with Gasteiger partial charge in [0.2, 0.25) is 5.91 Å². The molecule has 1 heterocycles. The van der Waals surface area contributed by atoms with E-state index in [9.17, 15) is 14.4 Å². The quantitative estimate of drug-likeness (QED) is 0.773. The molecule has 3 rings (SSSR count). The second kappa shape index (κ2) is 7.92. The Morgan fingerprint density at radius 3 is 2.11 bits per heavy atom. The van der Waals surface area contributed by atoms with Crippen molar-refractivity contribution in [2.75, 3.05) is 0 Å². The zero-order valence-electron chi connectivity index (χ0n) is 15.2. The third-order valence-electron chi connectivity index (χ3n) is 4.55. The van der Waals surface area contributed by atoms with Crippen LogP contribution < -0.4 is 5.32 Å². The fourth-order valence-corrected chi connectivity index (χ4v) is 3.41. The van der Waals surface area contributed by atoms with Crippen molar-refractivity contribution in [3.05, 3.63) is 70.2 Å². The summed E-state index contributed by atoms with van der Waals surface area (Å²) in [6, 6.07) is 13.0. The van der Waals surface area contributed by atoms with Crippen molar-refractivity contribution in [3.8, 4) is 0 Å². The molecule has 0 aliphatic carbocycles. The third-order valence-corrected chi connectivity index (χ3v) is 4.91. The molecule has 1 unspecified atom stereocenters. The molecule has 1 N–H and O–H groups in total. The van der Waals surface area contributed by atoms with Gasteiger partial charge in [0.15, 0.2) is 0 Å². The van der Waals surface area contributed by atoms with E-state index in [-0.39, 0.29) is 18.4 Å². The maximum Gasteiger partial charge on any atom is 0.262 e. The smallest absolute Gasteiger partial charge is 0.262 e. The van der Waals surface area contributed by atoms with E-state index in [4.69, 9.17) is 11.6 Å². The summed E-state index contributed by atoms with van der Waals surface area (Å²) < 4.78 is 0. The van der Waals surface area contributed by atoms with Gasteiger partial charge in [0, 0.05) is 11.6 Å². The van der Waals surface area contributed by atoms with Crippen LogP contribution in [0.25, 0.3) is 0 Å². The van der Waals surface area contributed by atoms with Gasteiger partial charge in [0.05, 0.1) is 11.1 Å². The predicted molar refractivity (Wildman–Crippen MR) is 103 cm³/mol. The Balaban J connectivity index is 1.82. The molecule has 2 aromatic carbocycles. The molecule has 140 valence electrons. The van der Waals surface area contributed by atoms with Crippen molar-refractivity contribution in [2.24, 2.45) is 5.92 Å². The van der Waals surface area contributed by atoms with E-state index >= 15 is 0 Å². The molecule has 0 spiro atoms. The van der Waals surface area contributed by atoms with Gasteiger partial charge in [-0.15, -0.1) is 0 Å². The number of rotatable bonds is 6. The summed E-state index contributed by atoms with van der Waals surface area (Å²) in [6.07, 6.45) is 0.389. The van der Waals surface area contributed by atoms with Crippen LogP contribution in [0.2, 0.25) is 5.02 Å². The highest BCUT2D eigenvalue weighted by atomic mass is 35.5. The van der Waals surface area contributed by atoms with E-state index in [2.05, 4.69) is 5.32 Å². The minimum absolute atomic E-state index is 0.130. The first-order chi connectivity index (χ1) is 12.9. The number of amides is 3. The molecule has 1 atom stereocenters. The molecular weight excluding hydrogens is 364 g/mol. The number of imide groups is 1. The van der Waals surface area contributed by atoms with Crippen LogP contribution >= 0.6 is 11.6 Å². The van der Waals surface area contributed by atoms with Crippen molar-refractivity contribution in [3.63, 3.8) is 0 Å². The lowest BCUT2D eigenvalue weighted by Gasteiger charge is -2.26. The molecule has 0 radical (unpaired) electrons. The van der Waals surface area contributed by atoms with Crippen LogP contribution in [0, 0.1) is 5.92 Å². The van der Waals surface area contributed by atoms with E-state index in [0.717, 1.165) is 10.5 Å². The van der Waals surface area contributed by atoms with Crippen molar-refractivity contribution in [1.29, 1.82) is 0 Å². The molecule has 27 heavy (non-hydrogen) atoms. The molecule has 5 nitrogen and oxygen atoms in total. The van der Waals surface area contributed by atoms with Crippen LogP contribution in [-0.4, -0.2) is 28.7 Å². The SMILES string of the molecule is CC(C)CC(C(=O)NCc1ccccc1Cl)N1C(=O)c2ccccc2C1=O. The van der Waals surface area contributed by atoms with Gasteiger partial charge in [0.25, 0.3) is 11.8 Å². The molecular formula is C21H21ClN2O3. The summed E-state index contributed by atoms with van der Waals surface area (Å²) in [5.41, 5.74) is 1.46. The zero-order chi connectivity index (χ0) is 19.6. The molecule has 1 aliphatic rings. The standard InChI is InChI=1S/C21H21ClN2O3/c1-13(2)11-18(19(25)23-12-14-7-3-6-10-17(14)22)24-20(26)15-8-4-5-9-16(15)21(24)27/h3-10,13,18H,11-12H2,1-2H3,(H,23,25). The first-order valence-corrected chi connectivity index (χ1v) is 9.26. The Kier molecular flexibility index (Phi) is 5.61. The fourth-order valence-electron chi connectivity index (χ4n) is 3.21. The van der Waals surface area contributed by atoms with Gasteiger partial charge in [-0.2, -0.15) is 0 Å². The van der Waals surface area contributed by atoms with Gasteiger partial charge in [-0.25, -0.2) is 0 Å². The number of carbonyl (C=O) groups is 3. The molecule has 1 aliphatic heterocycles. The van der Waals surface area contributed by atoms with Crippen molar-refractivity contribution >= 4 is 29.3 Å². The number of hydrogen-bond donors (Lipinski definition) is 1. The van der Waals surface area contributed by atoms with E-state index < -0.39 is 17.9 Å². The van der Waals surface area contributed by atoms with Gasteiger partial charge in [-0.05, 0) is 36.1 Å². The Labute approximate surface area is 163 Å². The first kappa shape index (κ1) is 19.1. The van der Waals surface area contributed by atoms with Crippen LogP contribution in [-0.2, 0) is 11.3 Å². The number of hydrogen-bond acceptors (Lipinski definition) is 3.